The van der Waals surface area contributed by atoms with E-state index in [4.69, 9.17) is 0 Å². The van der Waals surface area contributed by atoms with Gasteiger partial charge >= 0.3 is 0 Å². The number of hydrogen-bond donors (Lipinski definition) is 2. The first-order valence-electron chi connectivity index (χ1n) is 12.8. The van der Waals surface area contributed by atoms with Crippen LogP contribution in [0.3, 0.4) is 0 Å². The highest BCUT2D eigenvalue weighted by atomic mass is 16.2. The molecule has 1 aliphatic carbocycles. The molecular formula is C26H38N4O2. The van der Waals surface area contributed by atoms with Gasteiger partial charge in [-0.1, -0.05) is 24.3 Å². The maximum absolute atomic E-state index is 12.1. The van der Waals surface area contributed by atoms with Gasteiger partial charge in [0.1, 0.15) is 0 Å². The topological polar surface area (TPSA) is 64.7 Å². The number of imide groups is 1. The average molecular weight is 439 g/mol. The van der Waals surface area contributed by atoms with E-state index in [1.165, 1.54) is 70.3 Å². The molecule has 4 aliphatic rings. The molecule has 6 nitrogen and oxygen atoms in total. The number of benzene rings is 1. The van der Waals surface area contributed by atoms with Crippen molar-refractivity contribution >= 4 is 11.8 Å². The molecular weight excluding hydrogens is 400 g/mol. The molecule has 1 aromatic rings. The monoisotopic (exact) mass is 438 g/mol. The summed E-state index contributed by atoms with van der Waals surface area (Å²) in [5.74, 6) is 0.171. The number of hydrogen-bond acceptors (Lipinski definition) is 5. The van der Waals surface area contributed by atoms with Crippen LogP contribution in [0.1, 0.15) is 74.3 Å². The molecule has 3 saturated heterocycles. The molecule has 0 radical (unpaired) electrons. The third kappa shape index (κ3) is 4.92. The van der Waals surface area contributed by atoms with E-state index >= 15 is 0 Å². The molecule has 0 spiro atoms. The summed E-state index contributed by atoms with van der Waals surface area (Å²) < 4.78 is 0. The summed E-state index contributed by atoms with van der Waals surface area (Å²) in [5, 5.41) is 5.95. The molecule has 32 heavy (non-hydrogen) atoms. The number of amides is 2. The lowest BCUT2D eigenvalue weighted by atomic mass is 9.80. The van der Waals surface area contributed by atoms with Crippen molar-refractivity contribution in [3.8, 4) is 0 Å². The van der Waals surface area contributed by atoms with Crippen molar-refractivity contribution < 1.29 is 9.59 Å². The minimum atomic E-state index is -0.179. The van der Waals surface area contributed by atoms with Gasteiger partial charge < -0.3 is 10.2 Å². The second kappa shape index (κ2) is 10.0. The van der Waals surface area contributed by atoms with E-state index in [0.717, 1.165) is 30.7 Å². The van der Waals surface area contributed by atoms with Crippen LogP contribution in [0.5, 0.6) is 0 Å². The quantitative estimate of drug-likeness (QED) is 0.708. The van der Waals surface area contributed by atoms with Crippen LogP contribution in [0.4, 0.5) is 0 Å². The number of piperidine rings is 2. The highest BCUT2D eigenvalue weighted by Gasteiger charge is 2.32. The van der Waals surface area contributed by atoms with E-state index in [0.29, 0.717) is 18.8 Å². The third-order valence-electron chi connectivity index (χ3n) is 8.43. The second-order valence-corrected chi connectivity index (χ2v) is 10.2. The molecule has 0 aromatic heterocycles. The van der Waals surface area contributed by atoms with Crippen LogP contribution in [0.25, 0.3) is 0 Å². The normalized spacial score (nSPS) is 31.4. The van der Waals surface area contributed by atoms with Gasteiger partial charge in [0.25, 0.3) is 0 Å². The van der Waals surface area contributed by atoms with Crippen LogP contribution in [-0.4, -0.2) is 73.0 Å². The molecule has 6 heteroatoms. The Hall–Kier alpha value is -1.76. The first-order chi connectivity index (χ1) is 15.7. The van der Waals surface area contributed by atoms with Crippen LogP contribution in [-0.2, 0) is 9.59 Å². The predicted octanol–water partition coefficient (Wildman–Crippen LogP) is 2.60. The first kappa shape index (κ1) is 22.1. The molecule has 5 rings (SSSR count). The van der Waals surface area contributed by atoms with Gasteiger partial charge in [-0.05, 0) is 75.1 Å². The van der Waals surface area contributed by atoms with Gasteiger partial charge in [0.2, 0.25) is 11.8 Å². The molecule has 4 fully saturated rings. The fourth-order valence-corrected chi connectivity index (χ4v) is 6.45. The SMILES string of the molecule is O=C1CCC(c2ccc(C3CCC(N4CCC(N5CCNCC5)CC4)CC3)cc2)C(=O)N1. The number of nitrogens with zero attached hydrogens (tertiary/aromatic N) is 2. The smallest absolute Gasteiger partial charge is 0.234 e. The minimum absolute atomic E-state index is 0.143. The largest absolute Gasteiger partial charge is 0.314 e. The second-order valence-electron chi connectivity index (χ2n) is 10.2. The number of carbonyl (C=O) groups is 2. The van der Waals surface area contributed by atoms with Crippen molar-refractivity contribution in [2.75, 3.05) is 39.3 Å². The lowest BCUT2D eigenvalue weighted by molar-refractivity contribution is -0.134. The molecule has 0 bridgehead atoms. The van der Waals surface area contributed by atoms with Crippen LogP contribution in [0, 0.1) is 0 Å². The Bertz CT molecular complexity index is 789. The number of piperazine rings is 1. The fraction of sp³-hybridized carbons (Fsp3) is 0.692. The standard InChI is InChI=1S/C26H38N4O2/c31-25-10-9-24(26(32)28-25)21-3-1-19(2-4-21)20-5-7-22(8-6-20)29-15-11-23(12-16-29)30-17-13-27-14-18-30/h1-4,20,22-24,27H,5-18H2,(H,28,31,32). The van der Waals surface area contributed by atoms with E-state index in [9.17, 15) is 9.59 Å². The molecule has 1 saturated carbocycles. The van der Waals surface area contributed by atoms with Crippen molar-refractivity contribution in [3.63, 3.8) is 0 Å². The molecule has 1 aromatic carbocycles. The van der Waals surface area contributed by atoms with Gasteiger partial charge in [-0.2, -0.15) is 0 Å². The van der Waals surface area contributed by atoms with Gasteiger partial charge in [-0.3, -0.25) is 19.8 Å². The summed E-state index contributed by atoms with van der Waals surface area (Å²) in [6.07, 6.45) is 8.87. The van der Waals surface area contributed by atoms with Crippen molar-refractivity contribution in [1.82, 2.24) is 20.4 Å². The number of likely N-dealkylation sites (tertiary alicyclic amines) is 1. The predicted molar refractivity (Wildman–Crippen MR) is 126 cm³/mol. The summed E-state index contributed by atoms with van der Waals surface area (Å²) in [4.78, 5) is 29.0. The van der Waals surface area contributed by atoms with Crippen molar-refractivity contribution in [2.45, 2.75) is 75.3 Å². The molecule has 3 heterocycles. The Morgan fingerprint density at radius 2 is 1.28 bits per heavy atom. The number of rotatable bonds is 4. The zero-order valence-electron chi connectivity index (χ0n) is 19.2. The van der Waals surface area contributed by atoms with E-state index < -0.39 is 0 Å². The van der Waals surface area contributed by atoms with E-state index in [1.54, 1.807) is 0 Å². The fourth-order valence-electron chi connectivity index (χ4n) is 6.45. The molecule has 174 valence electrons. The number of carbonyl (C=O) groups excluding carboxylic acids is 2. The van der Waals surface area contributed by atoms with E-state index in [1.807, 2.05) is 0 Å². The van der Waals surface area contributed by atoms with Crippen molar-refractivity contribution in [1.29, 1.82) is 0 Å². The van der Waals surface area contributed by atoms with Crippen LogP contribution in [0.15, 0.2) is 24.3 Å². The minimum Gasteiger partial charge on any atom is -0.314 e. The van der Waals surface area contributed by atoms with Crippen molar-refractivity contribution in [3.05, 3.63) is 35.4 Å². The average Bonchev–Trinajstić information content (AvgIpc) is 2.85. The third-order valence-corrected chi connectivity index (χ3v) is 8.43. The van der Waals surface area contributed by atoms with Crippen LogP contribution in [0.2, 0.25) is 0 Å². The van der Waals surface area contributed by atoms with E-state index in [2.05, 4.69) is 44.7 Å². The van der Waals surface area contributed by atoms with Gasteiger partial charge in [0.15, 0.2) is 0 Å². The molecule has 1 atom stereocenters. The summed E-state index contributed by atoms with van der Waals surface area (Å²) in [5.41, 5.74) is 2.46. The van der Waals surface area contributed by atoms with E-state index in [-0.39, 0.29) is 17.7 Å². The van der Waals surface area contributed by atoms with Crippen LogP contribution < -0.4 is 10.6 Å². The summed E-state index contributed by atoms with van der Waals surface area (Å²) in [6.45, 7) is 7.28. The first-order valence-corrected chi connectivity index (χ1v) is 12.8. The number of nitrogens with one attached hydrogen (secondary N) is 2. The molecule has 1 unspecified atom stereocenters. The summed E-state index contributed by atoms with van der Waals surface area (Å²) in [6, 6.07) is 10.2. The summed E-state index contributed by atoms with van der Waals surface area (Å²) in [7, 11) is 0. The van der Waals surface area contributed by atoms with Crippen molar-refractivity contribution in [2.24, 2.45) is 0 Å². The van der Waals surface area contributed by atoms with Gasteiger partial charge in [-0.15, -0.1) is 0 Å². The molecule has 3 aliphatic heterocycles. The zero-order chi connectivity index (χ0) is 21.9. The Kier molecular flexibility index (Phi) is 6.91. The maximum atomic E-state index is 12.1. The summed E-state index contributed by atoms with van der Waals surface area (Å²) >= 11 is 0. The Labute approximate surface area is 192 Å². The Morgan fingerprint density at radius 3 is 1.94 bits per heavy atom. The van der Waals surface area contributed by atoms with Crippen LogP contribution >= 0.6 is 0 Å². The van der Waals surface area contributed by atoms with Gasteiger partial charge in [0.05, 0.1) is 5.92 Å². The lowest BCUT2D eigenvalue weighted by Crippen LogP contribution is -2.53. The Morgan fingerprint density at radius 1 is 0.688 bits per heavy atom. The van der Waals surface area contributed by atoms with Gasteiger partial charge in [0, 0.05) is 44.7 Å². The molecule has 2 N–H and O–H groups in total. The van der Waals surface area contributed by atoms with Gasteiger partial charge in [-0.25, -0.2) is 0 Å². The highest BCUT2D eigenvalue weighted by molar-refractivity contribution is 6.00. The lowest BCUT2D eigenvalue weighted by Gasteiger charge is -2.44. The zero-order valence-corrected chi connectivity index (χ0v) is 19.2. The molecule has 2 amide bonds. The maximum Gasteiger partial charge on any atom is 0.234 e. The Balaban J connectivity index is 1.09. The highest BCUT2D eigenvalue weighted by Crippen LogP contribution is 2.36.